The monoisotopic (exact) mass is 220 g/mol. The second-order valence-electron chi connectivity index (χ2n) is 3.53. The van der Waals surface area contributed by atoms with Gasteiger partial charge in [-0.2, -0.15) is 0 Å². The largest absolute Gasteiger partial charge is 0.309 e. The molecule has 0 saturated carbocycles. The lowest BCUT2D eigenvalue weighted by atomic mass is 10.0. The molecule has 0 radical (unpaired) electrons. The predicted octanol–water partition coefficient (Wildman–Crippen LogP) is 2.67. The van der Waals surface area contributed by atoms with Gasteiger partial charge in [-0.1, -0.05) is 6.92 Å². The van der Waals surface area contributed by atoms with Crippen molar-refractivity contribution >= 4 is 0 Å². The summed E-state index contributed by atoms with van der Waals surface area (Å²) in [5.74, 6) is 5.55. The summed E-state index contributed by atoms with van der Waals surface area (Å²) in [6.45, 7) is 4.73. The number of hydrogen-bond acceptors (Lipinski definition) is 2. The fourth-order valence-corrected chi connectivity index (χ4v) is 1.48. The van der Waals surface area contributed by atoms with Crippen LogP contribution < -0.4 is 5.32 Å². The molecule has 1 atom stereocenters. The van der Waals surface area contributed by atoms with E-state index in [0.717, 1.165) is 13.0 Å². The van der Waals surface area contributed by atoms with Gasteiger partial charge in [0.2, 0.25) is 0 Å². The third-order valence-electron chi connectivity index (χ3n) is 2.30. The second kappa shape index (κ2) is 6.97. The van der Waals surface area contributed by atoms with Gasteiger partial charge in [0.15, 0.2) is 0 Å². The summed E-state index contributed by atoms with van der Waals surface area (Å²) in [6, 6.07) is 1.66. The fraction of sp³-hybridized carbons (Fsp3) is 0.462. The minimum Gasteiger partial charge on any atom is -0.309 e. The van der Waals surface area contributed by atoms with Crippen LogP contribution in [-0.2, 0) is 0 Å². The van der Waals surface area contributed by atoms with Gasteiger partial charge in [-0.05, 0) is 26.0 Å². The summed E-state index contributed by atoms with van der Waals surface area (Å²) >= 11 is 0. The smallest absolute Gasteiger partial charge is 0.146 e. The molecule has 3 heteroatoms. The van der Waals surface area contributed by atoms with E-state index in [0.29, 0.717) is 12.0 Å². The van der Waals surface area contributed by atoms with Crippen LogP contribution in [0.2, 0.25) is 0 Å². The minimum atomic E-state index is -0.269. The summed E-state index contributed by atoms with van der Waals surface area (Å²) in [5.41, 5.74) is 0.645. The molecule has 0 amide bonds. The molecule has 0 aromatic carbocycles. The van der Waals surface area contributed by atoms with E-state index in [1.54, 1.807) is 19.2 Å². The number of hydrogen-bond donors (Lipinski definition) is 1. The van der Waals surface area contributed by atoms with E-state index in [2.05, 4.69) is 29.1 Å². The average molecular weight is 220 g/mol. The van der Waals surface area contributed by atoms with Crippen LogP contribution in [0.4, 0.5) is 4.39 Å². The van der Waals surface area contributed by atoms with E-state index in [9.17, 15) is 4.39 Å². The Morgan fingerprint density at radius 2 is 2.38 bits per heavy atom. The fourth-order valence-electron chi connectivity index (χ4n) is 1.48. The Morgan fingerprint density at radius 3 is 3.00 bits per heavy atom. The lowest BCUT2D eigenvalue weighted by Gasteiger charge is -2.16. The Hall–Kier alpha value is -1.40. The molecule has 1 aromatic rings. The third kappa shape index (κ3) is 3.63. The Bertz CT molecular complexity index is 379. The van der Waals surface area contributed by atoms with Gasteiger partial charge in [-0.3, -0.25) is 4.98 Å². The molecule has 1 unspecified atom stereocenters. The number of rotatable bonds is 5. The van der Waals surface area contributed by atoms with Gasteiger partial charge in [0, 0.05) is 24.2 Å². The number of aromatic nitrogens is 1. The Kier molecular flexibility index (Phi) is 5.52. The van der Waals surface area contributed by atoms with Crippen LogP contribution in [0.15, 0.2) is 18.5 Å². The maximum Gasteiger partial charge on any atom is 0.146 e. The molecule has 1 aromatic heterocycles. The van der Waals surface area contributed by atoms with Crippen molar-refractivity contribution in [3.8, 4) is 11.8 Å². The standard InChI is InChI=1S/C13H17FN2/c1-3-5-6-13(16-8-4-2)11-7-9-15-10-12(11)14/h7,9-10,13,16H,4,6,8H2,1-2H3. The van der Waals surface area contributed by atoms with Crippen molar-refractivity contribution in [2.45, 2.75) is 32.7 Å². The van der Waals surface area contributed by atoms with E-state index in [1.165, 1.54) is 6.20 Å². The summed E-state index contributed by atoms with van der Waals surface area (Å²) in [4.78, 5) is 3.75. The molecule has 86 valence electrons. The van der Waals surface area contributed by atoms with Crippen molar-refractivity contribution in [1.29, 1.82) is 0 Å². The van der Waals surface area contributed by atoms with Gasteiger partial charge in [-0.25, -0.2) is 4.39 Å². The van der Waals surface area contributed by atoms with Crippen molar-refractivity contribution in [2.75, 3.05) is 6.54 Å². The summed E-state index contributed by atoms with van der Waals surface area (Å²) in [7, 11) is 0. The van der Waals surface area contributed by atoms with Crippen LogP contribution in [0.1, 0.15) is 38.3 Å². The van der Waals surface area contributed by atoms with Crippen LogP contribution in [0.3, 0.4) is 0 Å². The average Bonchev–Trinajstić information content (AvgIpc) is 2.31. The van der Waals surface area contributed by atoms with Gasteiger partial charge in [0.1, 0.15) is 5.82 Å². The van der Waals surface area contributed by atoms with E-state index < -0.39 is 0 Å². The van der Waals surface area contributed by atoms with Crippen LogP contribution in [0.5, 0.6) is 0 Å². The maximum atomic E-state index is 13.5. The molecule has 2 nitrogen and oxygen atoms in total. The maximum absolute atomic E-state index is 13.5. The topological polar surface area (TPSA) is 24.9 Å². The zero-order chi connectivity index (χ0) is 11.8. The molecule has 0 saturated heterocycles. The summed E-state index contributed by atoms with van der Waals surface area (Å²) in [6.07, 6.45) is 4.49. The number of nitrogens with one attached hydrogen (secondary N) is 1. The summed E-state index contributed by atoms with van der Waals surface area (Å²) in [5, 5.41) is 3.29. The zero-order valence-electron chi connectivity index (χ0n) is 9.76. The van der Waals surface area contributed by atoms with Gasteiger partial charge in [0.05, 0.1) is 6.20 Å². The normalized spacial score (nSPS) is 11.7. The molecule has 0 aliphatic carbocycles. The quantitative estimate of drug-likeness (QED) is 0.772. The third-order valence-corrected chi connectivity index (χ3v) is 2.30. The Balaban J connectivity index is 2.81. The summed E-state index contributed by atoms with van der Waals surface area (Å²) < 4.78 is 13.5. The first-order valence-electron chi connectivity index (χ1n) is 5.52. The second-order valence-corrected chi connectivity index (χ2v) is 3.53. The molecular formula is C13H17FN2. The van der Waals surface area contributed by atoms with Crippen LogP contribution in [0.25, 0.3) is 0 Å². The highest BCUT2D eigenvalue weighted by molar-refractivity contribution is 5.19. The lowest BCUT2D eigenvalue weighted by molar-refractivity contribution is 0.504. The lowest BCUT2D eigenvalue weighted by Crippen LogP contribution is -2.22. The highest BCUT2D eigenvalue weighted by Gasteiger charge is 2.13. The highest BCUT2D eigenvalue weighted by atomic mass is 19.1. The number of halogens is 1. The van der Waals surface area contributed by atoms with E-state index >= 15 is 0 Å². The molecule has 1 N–H and O–H groups in total. The van der Waals surface area contributed by atoms with E-state index in [1.807, 2.05) is 0 Å². The van der Waals surface area contributed by atoms with Gasteiger partial charge in [-0.15, -0.1) is 11.8 Å². The molecular weight excluding hydrogens is 203 g/mol. The first kappa shape index (κ1) is 12.7. The van der Waals surface area contributed by atoms with Gasteiger partial charge in [0.25, 0.3) is 0 Å². The highest BCUT2D eigenvalue weighted by Crippen LogP contribution is 2.18. The molecule has 16 heavy (non-hydrogen) atoms. The van der Waals surface area contributed by atoms with Crippen molar-refractivity contribution < 1.29 is 4.39 Å². The number of pyridine rings is 1. The van der Waals surface area contributed by atoms with Crippen LogP contribution in [0, 0.1) is 17.7 Å². The zero-order valence-corrected chi connectivity index (χ0v) is 9.76. The van der Waals surface area contributed by atoms with Gasteiger partial charge >= 0.3 is 0 Å². The minimum absolute atomic E-state index is 0.0459. The van der Waals surface area contributed by atoms with Crippen LogP contribution >= 0.6 is 0 Å². The molecule has 0 bridgehead atoms. The van der Waals surface area contributed by atoms with Gasteiger partial charge < -0.3 is 5.32 Å². The van der Waals surface area contributed by atoms with Crippen LogP contribution in [-0.4, -0.2) is 11.5 Å². The van der Waals surface area contributed by atoms with Crippen molar-refractivity contribution in [1.82, 2.24) is 10.3 Å². The first-order chi connectivity index (χ1) is 7.79. The van der Waals surface area contributed by atoms with Crippen molar-refractivity contribution in [3.05, 3.63) is 29.8 Å². The molecule has 0 spiro atoms. The van der Waals surface area contributed by atoms with E-state index in [-0.39, 0.29) is 11.9 Å². The first-order valence-corrected chi connectivity index (χ1v) is 5.52. The molecule has 0 fully saturated rings. The molecule has 1 heterocycles. The molecule has 1 rings (SSSR count). The number of nitrogens with zero attached hydrogens (tertiary/aromatic N) is 1. The van der Waals surface area contributed by atoms with Crippen molar-refractivity contribution in [3.63, 3.8) is 0 Å². The predicted molar refractivity (Wildman–Crippen MR) is 63.3 cm³/mol. The Labute approximate surface area is 96.3 Å². The van der Waals surface area contributed by atoms with Crippen molar-refractivity contribution in [2.24, 2.45) is 0 Å². The van der Waals surface area contributed by atoms with E-state index in [4.69, 9.17) is 0 Å². The molecule has 0 aliphatic rings. The Morgan fingerprint density at radius 1 is 1.56 bits per heavy atom. The molecule has 0 aliphatic heterocycles. The SMILES string of the molecule is CC#CCC(NCCC)c1ccncc1F.